The molecule has 0 aliphatic rings. The fraction of sp³-hybridized carbons (Fsp3) is 0.300. The van der Waals surface area contributed by atoms with Crippen LogP contribution in [-0.2, 0) is 0 Å². The molecule has 2 N–H and O–H groups in total. The van der Waals surface area contributed by atoms with Crippen molar-refractivity contribution in [3.63, 3.8) is 0 Å². The van der Waals surface area contributed by atoms with Crippen LogP contribution in [0.1, 0.15) is 11.1 Å². The van der Waals surface area contributed by atoms with E-state index in [1.165, 1.54) is 0 Å². The molecule has 0 amide bonds. The van der Waals surface area contributed by atoms with Crippen LogP contribution in [0.2, 0.25) is 0 Å². The van der Waals surface area contributed by atoms with Crippen molar-refractivity contribution in [1.29, 1.82) is 0 Å². The molecule has 0 aliphatic carbocycles. The van der Waals surface area contributed by atoms with Gasteiger partial charge in [-0.15, -0.1) is 0 Å². The Bertz CT molecular complexity index is 308. The van der Waals surface area contributed by atoms with E-state index in [0.717, 1.165) is 11.1 Å². The minimum atomic E-state index is 0.0631. The molecule has 0 spiro atoms. The van der Waals surface area contributed by atoms with Gasteiger partial charge in [0.1, 0.15) is 5.75 Å². The number of nitrogens with zero attached hydrogens (tertiary/aromatic N) is 1. The highest BCUT2D eigenvalue weighted by atomic mass is 16.3. The quantitative estimate of drug-likeness (QED) is 0.683. The Labute approximate surface area is 77.4 Å². The molecule has 13 heavy (non-hydrogen) atoms. The highest BCUT2D eigenvalue weighted by Crippen LogP contribution is 2.13. The summed E-state index contributed by atoms with van der Waals surface area (Å²) in [5.74, 6) is 0.261. The van der Waals surface area contributed by atoms with E-state index < -0.39 is 0 Å². The molecule has 3 heteroatoms. The first-order chi connectivity index (χ1) is 6.24. The number of aromatic hydroxyl groups is 1. The molecule has 0 unspecified atom stereocenters. The van der Waals surface area contributed by atoms with Gasteiger partial charge in [-0.2, -0.15) is 0 Å². The summed E-state index contributed by atoms with van der Waals surface area (Å²) < 4.78 is 0. The highest BCUT2D eigenvalue weighted by molar-refractivity contribution is 5.81. The molecule has 0 fully saturated rings. The van der Waals surface area contributed by atoms with Gasteiger partial charge in [0.2, 0.25) is 0 Å². The van der Waals surface area contributed by atoms with E-state index in [-0.39, 0.29) is 12.4 Å². The summed E-state index contributed by atoms with van der Waals surface area (Å²) in [5.41, 5.74) is 1.94. The number of hydrogen-bond acceptors (Lipinski definition) is 3. The third-order valence-corrected chi connectivity index (χ3v) is 1.71. The van der Waals surface area contributed by atoms with Gasteiger partial charge in [-0.1, -0.05) is 0 Å². The van der Waals surface area contributed by atoms with Crippen molar-refractivity contribution in [3.05, 3.63) is 29.3 Å². The summed E-state index contributed by atoms with van der Waals surface area (Å²) in [6.45, 7) is 2.38. The molecule has 0 saturated carbocycles. The Morgan fingerprint density at radius 3 is 2.85 bits per heavy atom. The van der Waals surface area contributed by atoms with E-state index >= 15 is 0 Å². The lowest BCUT2D eigenvalue weighted by atomic mass is 10.1. The van der Waals surface area contributed by atoms with Crippen molar-refractivity contribution in [2.75, 3.05) is 13.2 Å². The number of phenolic OH excluding ortho intramolecular Hbond substituents is 1. The van der Waals surface area contributed by atoms with Gasteiger partial charge in [-0.3, -0.25) is 4.99 Å². The molecule has 0 saturated heterocycles. The Hall–Kier alpha value is -1.35. The van der Waals surface area contributed by atoms with Gasteiger partial charge in [0.25, 0.3) is 0 Å². The molecule has 0 atom stereocenters. The monoisotopic (exact) mass is 179 g/mol. The zero-order chi connectivity index (χ0) is 9.68. The van der Waals surface area contributed by atoms with Gasteiger partial charge >= 0.3 is 0 Å². The molecule has 0 heterocycles. The fourth-order valence-electron chi connectivity index (χ4n) is 1.03. The molecule has 0 radical (unpaired) electrons. The Morgan fingerprint density at radius 1 is 1.46 bits per heavy atom. The Kier molecular flexibility index (Phi) is 3.46. The second-order valence-corrected chi connectivity index (χ2v) is 2.80. The van der Waals surface area contributed by atoms with E-state index in [4.69, 9.17) is 10.2 Å². The van der Waals surface area contributed by atoms with E-state index in [1.54, 1.807) is 24.4 Å². The van der Waals surface area contributed by atoms with Crippen LogP contribution in [0.15, 0.2) is 23.2 Å². The summed E-state index contributed by atoms with van der Waals surface area (Å²) in [7, 11) is 0. The third-order valence-electron chi connectivity index (χ3n) is 1.71. The maximum absolute atomic E-state index is 9.12. The fourth-order valence-corrected chi connectivity index (χ4v) is 1.03. The molecule has 0 aliphatic heterocycles. The minimum absolute atomic E-state index is 0.0631. The topological polar surface area (TPSA) is 52.8 Å². The van der Waals surface area contributed by atoms with E-state index in [2.05, 4.69) is 4.99 Å². The van der Waals surface area contributed by atoms with Crippen LogP contribution >= 0.6 is 0 Å². The van der Waals surface area contributed by atoms with Gasteiger partial charge < -0.3 is 10.2 Å². The summed E-state index contributed by atoms with van der Waals surface area (Å²) in [5, 5.41) is 17.6. The maximum atomic E-state index is 9.12. The molecular weight excluding hydrogens is 166 g/mol. The summed E-state index contributed by atoms with van der Waals surface area (Å²) in [4.78, 5) is 3.99. The Balaban J connectivity index is 2.77. The van der Waals surface area contributed by atoms with E-state index in [9.17, 15) is 0 Å². The number of aliphatic imine (C=N–C) groups is 1. The lowest BCUT2D eigenvalue weighted by Crippen LogP contribution is -1.91. The van der Waals surface area contributed by atoms with Crippen molar-refractivity contribution in [3.8, 4) is 5.75 Å². The SMILES string of the molecule is Cc1cc(O)ccc1C=NCCO. The normalized spacial score (nSPS) is 10.9. The molecule has 1 rings (SSSR count). The van der Waals surface area contributed by atoms with Crippen molar-refractivity contribution in [2.24, 2.45) is 4.99 Å². The number of hydrogen-bond donors (Lipinski definition) is 2. The third kappa shape index (κ3) is 2.87. The van der Waals surface area contributed by atoms with E-state index in [0.29, 0.717) is 6.54 Å². The van der Waals surface area contributed by atoms with E-state index in [1.807, 2.05) is 6.92 Å². The molecule has 1 aromatic carbocycles. The van der Waals surface area contributed by atoms with Crippen LogP contribution in [0.5, 0.6) is 5.75 Å². The molecule has 0 bridgehead atoms. The van der Waals surface area contributed by atoms with Gasteiger partial charge in [0.05, 0.1) is 13.2 Å². The number of aliphatic hydroxyl groups is 1. The standard InChI is InChI=1S/C10H13NO2/c1-8-6-10(13)3-2-9(8)7-11-4-5-12/h2-3,6-7,12-13H,4-5H2,1H3. The molecule has 1 aromatic rings. The maximum Gasteiger partial charge on any atom is 0.115 e. The number of rotatable bonds is 3. The Morgan fingerprint density at radius 2 is 2.23 bits per heavy atom. The summed E-state index contributed by atoms with van der Waals surface area (Å²) in [6.07, 6.45) is 1.70. The lowest BCUT2D eigenvalue weighted by Gasteiger charge is -1.99. The van der Waals surface area contributed by atoms with Gasteiger partial charge in [-0.05, 0) is 36.2 Å². The predicted molar refractivity (Wildman–Crippen MR) is 52.4 cm³/mol. The summed E-state index contributed by atoms with van der Waals surface area (Å²) >= 11 is 0. The van der Waals surface area contributed by atoms with Gasteiger partial charge in [-0.25, -0.2) is 0 Å². The van der Waals surface area contributed by atoms with Gasteiger partial charge in [0.15, 0.2) is 0 Å². The number of phenols is 1. The summed E-state index contributed by atoms with van der Waals surface area (Å²) in [6, 6.07) is 5.10. The van der Waals surface area contributed by atoms with Crippen molar-refractivity contribution < 1.29 is 10.2 Å². The average molecular weight is 179 g/mol. The molecular formula is C10H13NO2. The zero-order valence-electron chi connectivity index (χ0n) is 7.57. The van der Waals surface area contributed by atoms with Gasteiger partial charge in [0, 0.05) is 6.21 Å². The van der Waals surface area contributed by atoms with Crippen molar-refractivity contribution >= 4 is 6.21 Å². The van der Waals surface area contributed by atoms with Crippen LogP contribution in [0.25, 0.3) is 0 Å². The number of aliphatic hydroxyl groups excluding tert-OH is 1. The zero-order valence-corrected chi connectivity index (χ0v) is 7.57. The second kappa shape index (κ2) is 4.62. The lowest BCUT2D eigenvalue weighted by molar-refractivity contribution is 0.307. The first-order valence-electron chi connectivity index (χ1n) is 4.14. The van der Waals surface area contributed by atoms with Crippen LogP contribution in [0.3, 0.4) is 0 Å². The smallest absolute Gasteiger partial charge is 0.115 e. The first kappa shape index (κ1) is 9.74. The largest absolute Gasteiger partial charge is 0.508 e. The van der Waals surface area contributed by atoms with Crippen molar-refractivity contribution in [2.45, 2.75) is 6.92 Å². The first-order valence-corrected chi connectivity index (χ1v) is 4.14. The predicted octanol–water partition coefficient (Wildman–Crippen LogP) is 1.11. The van der Waals surface area contributed by atoms with Crippen molar-refractivity contribution in [1.82, 2.24) is 0 Å². The highest BCUT2D eigenvalue weighted by Gasteiger charge is 1.95. The van der Waals surface area contributed by atoms with Crippen LogP contribution in [0, 0.1) is 6.92 Å². The minimum Gasteiger partial charge on any atom is -0.508 e. The van der Waals surface area contributed by atoms with Crippen LogP contribution < -0.4 is 0 Å². The molecule has 3 nitrogen and oxygen atoms in total. The molecule has 0 aromatic heterocycles. The average Bonchev–Trinajstić information content (AvgIpc) is 2.09. The molecule has 70 valence electrons. The second-order valence-electron chi connectivity index (χ2n) is 2.80. The van der Waals surface area contributed by atoms with Crippen LogP contribution in [-0.4, -0.2) is 29.6 Å². The number of benzene rings is 1. The van der Waals surface area contributed by atoms with Crippen LogP contribution in [0.4, 0.5) is 0 Å². The number of aryl methyl sites for hydroxylation is 1.